The summed E-state index contributed by atoms with van der Waals surface area (Å²) in [6.45, 7) is 0. The maximum atomic E-state index is 8.88. The van der Waals surface area contributed by atoms with Crippen LogP contribution in [0, 0.1) is 0 Å². The van der Waals surface area contributed by atoms with Gasteiger partial charge in [-0.25, -0.2) is 4.57 Å². The van der Waals surface area contributed by atoms with Crippen LogP contribution in [0.25, 0.3) is 0 Å². The Balaban J connectivity index is -0.00000000381. The van der Waals surface area contributed by atoms with Gasteiger partial charge < -0.3 is 16.1 Å². The Kier molecular flexibility index (Phi) is 131. The molecule has 0 aliphatic rings. The average Bonchev–Trinajstić information content (AvgIpc) is 0.722. The van der Waals surface area contributed by atoms with E-state index >= 15 is 0 Å². The largest absolute Gasteiger partial charge is 1.00 e. The predicted octanol–water partition coefficient (Wildman–Crippen LogP) is -3.05. The molecule has 0 saturated carbocycles. The van der Waals surface area contributed by atoms with Crippen LogP contribution < -0.4 is 18.9 Å². The number of halogens is 5. The van der Waals surface area contributed by atoms with Gasteiger partial charge in [-0.05, 0) is 0 Å². The molecule has 0 aromatic rings. The quantitative estimate of drug-likeness (QED) is 0.223. The first-order valence-electron chi connectivity index (χ1n) is 0.783. The van der Waals surface area contributed by atoms with E-state index in [2.05, 4.69) is 0 Å². The molecule has 74 valence electrons. The molecule has 0 atom stereocenters. The minimum Gasteiger partial charge on any atom is -1.00 e. The Morgan fingerprint density at radius 3 is 0.818 bits per heavy atom. The van der Waals surface area contributed by atoms with Crippen LogP contribution in [0.3, 0.4) is 0 Å². The molecule has 0 saturated heterocycles. The van der Waals surface area contributed by atoms with Gasteiger partial charge in [0.1, 0.15) is 0 Å². The molecule has 0 aliphatic carbocycles. The zero-order valence-electron chi connectivity index (χ0n) is 6.24. The van der Waals surface area contributed by atoms with E-state index in [1.54, 1.807) is 0 Å². The van der Waals surface area contributed by atoms with Crippen molar-refractivity contribution in [3.63, 3.8) is 0 Å². The second-order valence-electron chi connectivity index (χ2n) is 0.513. The smallest absolute Gasteiger partial charge is 1.00 e. The van der Waals surface area contributed by atoms with Crippen molar-refractivity contribution >= 4 is 7.82 Å². The summed E-state index contributed by atoms with van der Waals surface area (Å²) in [5.41, 5.74) is 0. The summed E-state index contributed by atoms with van der Waals surface area (Å²) < 4.78 is 8.88. The van der Waals surface area contributed by atoms with E-state index in [0.717, 1.165) is 0 Å². The van der Waals surface area contributed by atoms with E-state index < -0.39 is 7.82 Å². The van der Waals surface area contributed by atoms with Crippen LogP contribution in [-0.4, -0.2) is 14.7 Å². The first-order chi connectivity index (χ1) is 2.00. The maximum absolute atomic E-state index is 8.88. The fourth-order valence-electron chi connectivity index (χ4n) is 0. The molecule has 0 fully saturated rings. The minimum absolute atomic E-state index is 0. The van der Waals surface area contributed by atoms with E-state index in [-0.39, 0.29) is 43.8 Å². The summed E-state index contributed by atoms with van der Waals surface area (Å²) in [5, 5.41) is 0. The van der Waals surface area contributed by atoms with Gasteiger partial charge in [-0.15, -0.1) is 0 Å². The third-order valence-corrected chi connectivity index (χ3v) is 0. The van der Waals surface area contributed by atoms with Gasteiger partial charge >= 0.3 is 26.7 Å². The monoisotopic (exact) mass is 206 g/mol. The van der Waals surface area contributed by atoms with Crippen molar-refractivity contribution in [2.45, 2.75) is 0 Å². The molecule has 11 heteroatoms. The summed E-state index contributed by atoms with van der Waals surface area (Å²) >= 11 is 0. The molecular formula is H9F5LiO4P. The van der Waals surface area contributed by atoms with Crippen LogP contribution in [-0.2, 0) is 4.57 Å². The van der Waals surface area contributed by atoms with Crippen molar-refractivity contribution in [1.82, 2.24) is 0 Å². The summed E-state index contributed by atoms with van der Waals surface area (Å²) in [4.78, 5) is 21.6. The van der Waals surface area contributed by atoms with E-state index in [0.29, 0.717) is 0 Å². The number of hydrogen-bond acceptors (Lipinski definition) is 1. The number of phosphoric acid groups is 1. The van der Waals surface area contributed by atoms with E-state index in [4.69, 9.17) is 19.2 Å². The van der Waals surface area contributed by atoms with E-state index in [1.807, 2.05) is 0 Å². The van der Waals surface area contributed by atoms with Gasteiger partial charge in [0, 0.05) is 0 Å². The third kappa shape index (κ3) is 5660. The number of rotatable bonds is 0. The van der Waals surface area contributed by atoms with Crippen molar-refractivity contribution in [3.8, 4) is 0 Å². The molecule has 0 rings (SSSR count). The Labute approximate surface area is 71.7 Å². The van der Waals surface area contributed by atoms with Crippen LogP contribution in [0.1, 0.15) is 1.43 Å². The van der Waals surface area contributed by atoms with Crippen LogP contribution >= 0.6 is 7.82 Å². The minimum atomic E-state index is -4.64. The first-order valence-corrected chi connectivity index (χ1v) is 2.35. The standard InChI is InChI=1S/5FH.Li.H3O4P.H/c;;;;;;1-5(2,3)4;/h5*1H;;(H3,1,2,3,4);/q;;;;;+1;;-1. The van der Waals surface area contributed by atoms with Gasteiger partial charge in [0.25, 0.3) is 0 Å². The molecule has 11 heavy (non-hydrogen) atoms. The molecule has 3 N–H and O–H groups in total. The Bertz CT molecular complexity index is 69.6. The SMILES string of the molecule is F.F.F.F.F.O=P(O)(O)O.[H-].[Li+]. The summed E-state index contributed by atoms with van der Waals surface area (Å²) in [6.07, 6.45) is 0. The molecule has 0 bridgehead atoms. The molecular weight excluding hydrogens is 197 g/mol. The second kappa shape index (κ2) is 22.4. The Morgan fingerprint density at radius 2 is 0.818 bits per heavy atom. The van der Waals surface area contributed by atoms with Gasteiger partial charge in [0.05, 0.1) is 0 Å². The van der Waals surface area contributed by atoms with Crippen LogP contribution in [0.15, 0.2) is 0 Å². The summed E-state index contributed by atoms with van der Waals surface area (Å²) in [6, 6.07) is 0. The predicted molar refractivity (Wildman–Crippen MR) is 27.9 cm³/mol. The molecule has 0 aliphatic heterocycles. The molecule has 0 unspecified atom stereocenters. The van der Waals surface area contributed by atoms with Crippen molar-refractivity contribution in [1.29, 1.82) is 0 Å². The zero-order valence-corrected chi connectivity index (χ0v) is 6.13. The molecule has 0 heterocycles. The van der Waals surface area contributed by atoms with Crippen molar-refractivity contribution in [3.05, 3.63) is 0 Å². The van der Waals surface area contributed by atoms with Crippen LogP contribution in [0.4, 0.5) is 23.5 Å². The second-order valence-corrected chi connectivity index (χ2v) is 1.54. The van der Waals surface area contributed by atoms with Gasteiger partial charge in [-0.1, -0.05) is 0 Å². The third-order valence-electron chi connectivity index (χ3n) is 0. The topological polar surface area (TPSA) is 77.8 Å². The van der Waals surface area contributed by atoms with Crippen molar-refractivity contribution < 1.29 is 63.1 Å². The molecule has 0 aromatic heterocycles. The van der Waals surface area contributed by atoms with E-state index in [9.17, 15) is 0 Å². The zero-order chi connectivity index (χ0) is 4.50. The van der Waals surface area contributed by atoms with Crippen LogP contribution in [0.5, 0.6) is 0 Å². The van der Waals surface area contributed by atoms with Gasteiger partial charge in [-0.3, -0.25) is 23.5 Å². The molecule has 0 spiro atoms. The van der Waals surface area contributed by atoms with E-state index in [1.165, 1.54) is 0 Å². The van der Waals surface area contributed by atoms with Crippen molar-refractivity contribution in [2.24, 2.45) is 0 Å². The fourth-order valence-corrected chi connectivity index (χ4v) is 0. The molecule has 0 aromatic carbocycles. The fraction of sp³-hybridized carbons (Fsp3) is 0. The van der Waals surface area contributed by atoms with Crippen LogP contribution in [0.2, 0.25) is 0 Å². The molecule has 0 amide bonds. The van der Waals surface area contributed by atoms with Gasteiger partial charge in [0.2, 0.25) is 0 Å². The first kappa shape index (κ1) is 64.2. The van der Waals surface area contributed by atoms with Crippen molar-refractivity contribution in [2.75, 3.05) is 0 Å². The Morgan fingerprint density at radius 1 is 0.818 bits per heavy atom. The molecule has 0 radical (unpaired) electrons. The van der Waals surface area contributed by atoms with Gasteiger partial charge in [-0.2, -0.15) is 0 Å². The molecule has 4 nitrogen and oxygen atoms in total. The Hall–Kier alpha value is 0.357. The summed E-state index contributed by atoms with van der Waals surface area (Å²) in [7, 11) is -4.64. The average molecular weight is 206 g/mol. The maximum Gasteiger partial charge on any atom is 1.00 e. The normalized spacial score (nSPS) is 5.36. The number of hydrogen-bond donors (Lipinski definition) is 3. The van der Waals surface area contributed by atoms with Gasteiger partial charge in [0.15, 0.2) is 0 Å². The summed E-state index contributed by atoms with van der Waals surface area (Å²) in [5.74, 6) is 0.